The second-order valence-corrected chi connectivity index (χ2v) is 5.55. The van der Waals surface area contributed by atoms with Crippen LogP contribution in [0.25, 0.3) is 11.5 Å². The molecule has 0 unspecified atom stereocenters. The van der Waals surface area contributed by atoms with Crippen LogP contribution in [0, 0.1) is 6.92 Å². The van der Waals surface area contributed by atoms with E-state index in [4.69, 9.17) is 9.15 Å². The highest BCUT2D eigenvalue weighted by atomic mass is 16.5. The zero-order chi connectivity index (χ0) is 16.9. The number of nitrogens with zero attached hydrogens (tertiary/aromatic N) is 2. The van der Waals surface area contributed by atoms with E-state index in [2.05, 4.69) is 47.6 Å². The lowest BCUT2D eigenvalue weighted by Crippen LogP contribution is -2.04. The number of nitrogens with one attached hydrogen (secondary N) is 1. The van der Waals surface area contributed by atoms with Crippen LogP contribution in [0.2, 0.25) is 0 Å². The first-order chi connectivity index (χ1) is 11.7. The van der Waals surface area contributed by atoms with E-state index in [9.17, 15) is 0 Å². The Hall–Kier alpha value is -2.82. The lowest BCUT2D eigenvalue weighted by molar-refractivity contribution is 0.414. The highest BCUT2D eigenvalue weighted by Crippen LogP contribution is 2.24. The summed E-state index contributed by atoms with van der Waals surface area (Å²) in [4.78, 5) is 0. The second kappa shape index (κ2) is 7.17. The molecule has 0 atom stereocenters. The van der Waals surface area contributed by atoms with Crippen molar-refractivity contribution < 1.29 is 9.15 Å². The van der Waals surface area contributed by atoms with E-state index in [1.807, 2.05) is 24.3 Å². The van der Waals surface area contributed by atoms with Crippen LogP contribution in [0.3, 0.4) is 0 Å². The molecule has 0 saturated heterocycles. The fourth-order valence-corrected chi connectivity index (χ4v) is 2.64. The number of benzene rings is 2. The van der Waals surface area contributed by atoms with Crippen LogP contribution in [0.4, 0.5) is 5.69 Å². The molecule has 0 amide bonds. The van der Waals surface area contributed by atoms with Crippen molar-refractivity contribution in [1.82, 2.24) is 10.2 Å². The van der Waals surface area contributed by atoms with Gasteiger partial charge >= 0.3 is 0 Å². The van der Waals surface area contributed by atoms with Crippen molar-refractivity contribution in [3.8, 4) is 17.2 Å². The van der Waals surface area contributed by atoms with Crippen molar-refractivity contribution in [1.29, 1.82) is 0 Å². The van der Waals surface area contributed by atoms with Gasteiger partial charge < -0.3 is 14.5 Å². The number of ether oxygens (including phenoxy) is 1. The summed E-state index contributed by atoms with van der Waals surface area (Å²) in [6, 6.07) is 13.9. The smallest absolute Gasteiger partial charge is 0.247 e. The van der Waals surface area contributed by atoms with Gasteiger partial charge in [0.25, 0.3) is 0 Å². The molecule has 5 nitrogen and oxygen atoms in total. The molecule has 3 rings (SSSR count). The van der Waals surface area contributed by atoms with Gasteiger partial charge in [-0.1, -0.05) is 31.2 Å². The van der Waals surface area contributed by atoms with E-state index in [1.165, 1.54) is 11.1 Å². The summed E-state index contributed by atoms with van der Waals surface area (Å²) in [7, 11) is 1.63. The minimum atomic E-state index is 0.492. The van der Waals surface area contributed by atoms with E-state index < -0.39 is 0 Å². The molecule has 1 N–H and O–H groups in total. The maximum atomic E-state index is 5.76. The Morgan fingerprint density at radius 3 is 2.75 bits per heavy atom. The zero-order valence-corrected chi connectivity index (χ0v) is 14.2. The van der Waals surface area contributed by atoms with Crippen LogP contribution >= 0.6 is 0 Å². The van der Waals surface area contributed by atoms with Gasteiger partial charge in [-0.25, -0.2) is 0 Å². The Morgan fingerprint density at radius 1 is 1.12 bits per heavy atom. The summed E-state index contributed by atoms with van der Waals surface area (Å²) in [6.07, 6.45) is 0.975. The standard InChI is InChI=1S/C19H21N3O2/c1-4-14-8-5-7-13(2)18(14)20-12-17-21-22-19(24-17)15-9-6-10-16(11-15)23-3/h5-11,20H,4,12H2,1-3H3. The molecule has 0 bridgehead atoms. The summed E-state index contributed by atoms with van der Waals surface area (Å²) < 4.78 is 11.0. The predicted octanol–water partition coefficient (Wildman–Crippen LogP) is 4.23. The van der Waals surface area contributed by atoms with Gasteiger partial charge in [-0.3, -0.25) is 0 Å². The predicted molar refractivity (Wildman–Crippen MR) is 94.2 cm³/mol. The molecule has 0 aliphatic carbocycles. The van der Waals surface area contributed by atoms with Gasteiger partial charge in [0.15, 0.2) is 0 Å². The highest BCUT2D eigenvalue weighted by Gasteiger charge is 2.10. The van der Waals surface area contributed by atoms with Crippen molar-refractivity contribution in [2.75, 3.05) is 12.4 Å². The molecule has 1 heterocycles. The van der Waals surface area contributed by atoms with Gasteiger partial charge in [0.05, 0.1) is 13.7 Å². The summed E-state index contributed by atoms with van der Waals surface area (Å²) >= 11 is 0. The van der Waals surface area contributed by atoms with Crippen LogP contribution < -0.4 is 10.1 Å². The fourth-order valence-electron chi connectivity index (χ4n) is 2.64. The molecule has 0 fully saturated rings. The Kier molecular flexibility index (Phi) is 4.79. The average Bonchev–Trinajstić information content (AvgIpc) is 3.09. The molecule has 0 radical (unpaired) electrons. The maximum Gasteiger partial charge on any atom is 0.247 e. The zero-order valence-electron chi connectivity index (χ0n) is 14.2. The monoisotopic (exact) mass is 323 g/mol. The molecule has 1 aromatic heterocycles. The molecule has 0 aliphatic heterocycles. The van der Waals surface area contributed by atoms with E-state index in [0.717, 1.165) is 23.4 Å². The van der Waals surface area contributed by atoms with Crippen LogP contribution in [-0.4, -0.2) is 17.3 Å². The third-order valence-electron chi connectivity index (χ3n) is 3.94. The van der Waals surface area contributed by atoms with E-state index in [1.54, 1.807) is 7.11 Å². The molecule has 0 aliphatic rings. The SMILES string of the molecule is CCc1cccc(C)c1NCc1nnc(-c2cccc(OC)c2)o1. The van der Waals surface area contributed by atoms with Crippen molar-refractivity contribution >= 4 is 5.69 Å². The summed E-state index contributed by atoms with van der Waals surface area (Å²) in [5, 5.41) is 11.7. The molecule has 2 aromatic carbocycles. The fraction of sp³-hybridized carbons (Fsp3) is 0.263. The minimum absolute atomic E-state index is 0.492. The van der Waals surface area contributed by atoms with E-state index in [-0.39, 0.29) is 0 Å². The van der Waals surface area contributed by atoms with Gasteiger partial charge in [0, 0.05) is 11.3 Å². The number of hydrogen-bond donors (Lipinski definition) is 1. The van der Waals surface area contributed by atoms with Crippen molar-refractivity contribution in [2.45, 2.75) is 26.8 Å². The second-order valence-electron chi connectivity index (χ2n) is 5.55. The molecule has 5 heteroatoms. The maximum absolute atomic E-state index is 5.76. The number of aryl methyl sites for hydroxylation is 2. The van der Waals surface area contributed by atoms with Crippen LogP contribution in [0.1, 0.15) is 23.9 Å². The molecule has 3 aromatic rings. The largest absolute Gasteiger partial charge is 0.497 e. The van der Waals surface area contributed by atoms with Crippen molar-refractivity contribution in [3.05, 3.63) is 59.5 Å². The minimum Gasteiger partial charge on any atom is -0.497 e. The first-order valence-electron chi connectivity index (χ1n) is 8.00. The normalized spacial score (nSPS) is 10.6. The number of anilines is 1. The Balaban J connectivity index is 1.75. The Morgan fingerprint density at radius 2 is 1.96 bits per heavy atom. The quantitative estimate of drug-likeness (QED) is 0.735. The molecule has 124 valence electrons. The van der Waals surface area contributed by atoms with Crippen LogP contribution in [0.15, 0.2) is 46.9 Å². The number of hydrogen-bond acceptors (Lipinski definition) is 5. The van der Waals surface area contributed by atoms with Gasteiger partial charge in [-0.15, -0.1) is 10.2 Å². The van der Waals surface area contributed by atoms with Gasteiger partial charge in [-0.05, 0) is 42.7 Å². The lowest BCUT2D eigenvalue weighted by Gasteiger charge is -2.12. The van der Waals surface area contributed by atoms with Gasteiger partial charge in [0.2, 0.25) is 11.8 Å². The van der Waals surface area contributed by atoms with E-state index >= 15 is 0 Å². The first-order valence-corrected chi connectivity index (χ1v) is 8.00. The summed E-state index contributed by atoms with van der Waals surface area (Å²) in [6.45, 7) is 4.74. The topological polar surface area (TPSA) is 60.2 Å². The van der Waals surface area contributed by atoms with Crippen LogP contribution in [-0.2, 0) is 13.0 Å². The Bertz CT molecular complexity index is 827. The highest BCUT2D eigenvalue weighted by molar-refractivity contribution is 5.57. The van der Waals surface area contributed by atoms with E-state index in [0.29, 0.717) is 18.3 Å². The molecule has 0 saturated carbocycles. The van der Waals surface area contributed by atoms with Gasteiger partial charge in [0.1, 0.15) is 5.75 Å². The molecular formula is C19H21N3O2. The molecule has 24 heavy (non-hydrogen) atoms. The number of para-hydroxylation sites is 1. The first kappa shape index (κ1) is 16.1. The van der Waals surface area contributed by atoms with Crippen LogP contribution in [0.5, 0.6) is 5.75 Å². The molecular weight excluding hydrogens is 302 g/mol. The third-order valence-corrected chi connectivity index (χ3v) is 3.94. The molecule has 0 spiro atoms. The number of aromatic nitrogens is 2. The lowest BCUT2D eigenvalue weighted by atomic mass is 10.1. The van der Waals surface area contributed by atoms with Gasteiger partial charge in [-0.2, -0.15) is 0 Å². The van der Waals surface area contributed by atoms with Crippen molar-refractivity contribution in [2.24, 2.45) is 0 Å². The Labute approximate surface area is 141 Å². The third kappa shape index (κ3) is 3.40. The number of rotatable bonds is 6. The summed E-state index contributed by atoms with van der Waals surface area (Å²) in [5.74, 6) is 1.81. The summed E-state index contributed by atoms with van der Waals surface area (Å²) in [5.41, 5.74) is 4.48. The number of methoxy groups -OCH3 is 1. The average molecular weight is 323 g/mol. The van der Waals surface area contributed by atoms with Crippen molar-refractivity contribution in [3.63, 3.8) is 0 Å².